The van der Waals surface area contributed by atoms with Crippen molar-refractivity contribution in [3.63, 3.8) is 0 Å². The molecular weight excluding hydrogens is 599 g/mol. The first-order valence-electron chi connectivity index (χ1n) is 12.3. The maximum Gasteiger partial charge on any atom is 0.192 e. The van der Waals surface area contributed by atoms with Gasteiger partial charge in [-0.3, -0.25) is 14.4 Å². The minimum absolute atomic E-state index is 0.0847. The lowest BCUT2D eigenvalue weighted by molar-refractivity contribution is 0.0151. The SMILES string of the molecule is COc1ccc(OC)c2c1C(=O)[C@@H]1CC=C[C@H](O[Si](C)(C)C(C)(C)C)[C@]1(C(=O)c1ccccc1I)C2=O. The van der Waals surface area contributed by atoms with E-state index in [1.807, 2.05) is 24.3 Å². The van der Waals surface area contributed by atoms with Gasteiger partial charge in [0.2, 0.25) is 0 Å². The van der Waals surface area contributed by atoms with E-state index in [-0.39, 0.29) is 34.1 Å². The fraction of sp³-hybridized carbons (Fsp3) is 0.414. The second kappa shape index (κ2) is 9.78. The number of Topliss-reactive ketones (excluding diaryl/α,β-unsaturated/α-hetero) is 3. The van der Waals surface area contributed by atoms with E-state index in [0.717, 1.165) is 0 Å². The Morgan fingerprint density at radius 3 is 2.16 bits per heavy atom. The maximum absolute atomic E-state index is 14.8. The van der Waals surface area contributed by atoms with E-state index in [9.17, 15) is 14.4 Å². The Morgan fingerprint density at radius 2 is 1.59 bits per heavy atom. The number of rotatable bonds is 6. The highest BCUT2D eigenvalue weighted by molar-refractivity contribution is 14.1. The molecule has 0 heterocycles. The molecule has 0 N–H and O–H groups in total. The molecule has 2 aliphatic rings. The van der Waals surface area contributed by atoms with Gasteiger partial charge in [0.25, 0.3) is 0 Å². The molecule has 196 valence electrons. The maximum atomic E-state index is 14.8. The van der Waals surface area contributed by atoms with Crippen LogP contribution in [0.25, 0.3) is 0 Å². The molecule has 2 aromatic rings. The highest BCUT2D eigenvalue weighted by Gasteiger charge is 2.65. The second-order valence-electron chi connectivity index (χ2n) is 11.1. The molecule has 0 radical (unpaired) electrons. The van der Waals surface area contributed by atoms with Gasteiger partial charge >= 0.3 is 0 Å². The van der Waals surface area contributed by atoms with Crippen molar-refractivity contribution in [2.75, 3.05) is 14.2 Å². The minimum Gasteiger partial charge on any atom is -0.496 e. The van der Waals surface area contributed by atoms with E-state index in [0.29, 0.717) is 14.9 Å². The van der Waals surface area contributed by atoms with Crippen LogP contribution in [0.5, 0.6) is 11.5 Å². The molecule has 2 aromatic carbocycles. The quantitative estimate of drug-likeness (QED) is 0.119. The number of carbonyl (C=O) groups excluding carboxylic acids is 3. The molecule has 0 bridgehead atoms. The molecule has 0 saturated heterocycles. The Balaban J connectivity index is 2.07. The van der Waals surface area contributed by atoms with E-state index >= 15 is 0 Å². The average Bonchev–Trinajstić information content (AvgIpc) is 2.85. The van der Waals surface area contributed by atoms with Gasteiger partial charge in [-0.05, 0) is 65.3 Å². The molecule has 0 aromatic heterocycles. The average molecular weight is 633 g/mol. The van der Waals surface area contributed by atoms with E-state index in [1.54, 1.807) is 24.3 Å². The molecule has 4 rings (SSSR count). The zero-order valence-electron chi connectivity index (χ0n) is 22.3. The Labute approximate surface area is 233 Å². The molecular formula is C29H33IO6Si. The highest BCUT2D eigenvalue weighted by Crippen LogP contribution is 2.55. The summed E-state index contributed by atoms with van der Waals surface area (Å²) in [5.74, 6) is -1.57. The van der Waals surface area contributed by atoms with Crippen LogP contribution in [0.3, 0.4) is 0 Å². The van der Waals surface area contributed by atoms with Gasteiger partial charge in [0.1, 0.15) is 16.9 Å². The van der Waals surface area contributed by atoms with Crippen LogP contribution in [-0.2, 0) is 4.43 Å². The van der Waals surface area contributed by atoms with Crippen LogP contribution in [0.2, 0.25) is 18.1 Å². The van der Waals surface area contributed by atoms with Crippen LogP contribution in [0.1, 0.15) is 58.3 Å². The largest absolute Gasteiger partial charge is 0.496 e. The van der Waals surface area contributed by atoms with Gasteiger partial charge in [0.05, 0.1) is 31.5 Å². The molecule has 0 aliphatic heterocycles. The fourth-order valence-corrected chi connectivity index (χ4v) is 7.00. The Bertz CT molecular complexity index is 1310. The van der Waals surface area contributed by atoms with Gasteiger partial charge in [-0.15, -0.1) is 0 Å². The summed E-state index contributed by atoms with van der Waals surface area (Å²) in [6.07, 6.45) is 3.02. The third kappa shape index (κ3) is 4.21. The zero-order chi connectivity index (χ0) is 27.3. The van der Waals surface area contributed by atoms with Crippen molar-refractivity contribution >= 4 is 48.3 Å². The van der Waals surface area contributed by atoms with Crippen LogP contribution in [0.4, 0.5) is 0 Å². The smallest absolute Gasteiger partial charge is 0.192 e. The van der Waals surface area contributed by atoms with Crippen LogP contribution >= 0.6 is 22.6 Å². The number of methoxy groups -OCH3 is 2. The van der Waals surface area contributed by atoms with Gasteiger partial charge in [-0.2, -0.15) is 0 Å². The van der Waals surface area contributed by atoms with Crippen LogP contribution in [0.15, 0.2) is 48.6 Å². The zero-order valence-corrected chi connectivity index (χ0v) is 25.5. The number of fused-ring (bicyclic) bond motifs is 2. The molecule has 0 amide bonds. The second-order valence-corrected chi connectivity index (χ2v) is 17.0. The fourth-order valence-electron chi connectivity index (χ4n) is 5.12. The van der Waals surface area contributed by atoms with E-state index in [4.69, 9.17) is 13.9 Å². The number of ether oxygens (including phenoxy) is 2. The number of hydrogen-bond acceptors (Lipinski definition) is 6. The standard InChI is InChI=1S/C29H33IO6Si/c1-28(2,3)37(6,7)36-22-14-10-12-18-25(31)23-20(34-4)15-16-21(35-5)24(23)27(33)29(18,22)26(32)17-11-8-9-13-19(17)30/h8-11,13-16,18,22H,12H2,1-7H3/t18-,22-,29+/m0/s1. The predicted molar refractivity (Wildman–Crippen MR) is 153 cm³/mol. The third-order valence-electron chi connectivity index (χ3n) is 8.14. The third-order valence-corrected chi connectivity index (χ3v) is 13.5. The summed E-state index contributed by atoms with van der Waals surface area (Å²) >= 11 is 2.11. The van der Waals surface area contributed by atoms with Crippen molar-refractivity contribution < 1.29 is 28.3 Å². The normalized spacial score (nSPS) is 23.4. The highest BCUT2D eigenvalue weighted by atomic mass is 127. The Kier molecular flexibility index (Phi) is 7.33. The van der Waals surface area contributed by atoms with E-state index in [2.05, 4.69) is 56.5 Å². The van der Waals surface area contributed by atoms with Crippen molar-refractivity contribution in [3.8, 4) is 11.5 Å². The first kappa shape index (κ1) is 27.7. The van der Waals surface area contributed by atoms with Crippen LogP contribution in [-0.4, -0.2) is 46.0 Å². The lowest BCUT2D eigenvalue weighted by atomic mass is 9.54. The molecule has 0 unspecified atom stereocenters. The summed E-state index contributed by atoms with van der Waals surface area (Å²) in [4.78, 5) is 43.8. The minimum atomic E-state index is -2.48. The van der Waals surface area contributed by atoms with E-state index < -0.39 is 37.3 Å². The monoisotopic (exact) mass is 632 g/mol. The Hall–Kier alpha value is -2.30. The first-order valence-corrected chi connectivity index (χ1v) is 16.3. The predicted octanol–water partition coefficient (Wildman–Crippen LogP) is 6.52. The summed E-state index contributed by atoms with van der Waals surface area (Å²) in [6, 6.07) is 10.4. The topological polar surface area (TPSA) is 78.9 Å². The molecule has 0 spiro atoms. The molecule has 37 heavy (non-hydrogen) atoms. The van der Waals surface area contributed by atoms with Gasteiger partial charge in [0.15, 0.2) is 25.7 Å². The molecule has 3 atom stereocenters. The van der Waals surface area contributed by atoms with Gasteiger partial charge in [-0.1, -0.05) is 51.1 Å². The summed E-state index contributed by atoms with van der Waals surface area (Å²) < 4.78 is 18.6. The van der Waals surface area contributed by atoms with Gasteiger partial charge in [0, 0.05) is 15.1 Å². The van der Waals surface area contributed by atoms with Crippen molar-refractivity contribution in [1.29, 1.82) is 0 Å². The van der Waals surface area contributed by atoms with Crippen molar-refractivity contribution in [2.45, 2.75) is 51.4 Å². The van der Waals surface area contributed by atoms with Crippen molar-refractivity contribution in [2.24, 2.45) is 11.3 Å². The van der Waals surface area contributed by atoms with Gasteiger partial charge < -0.3 is 13.9 Å². The molecule has 2 aliphatic carbocycles. The lowest BCUT2D eigenvalue weighted by Gasteiger charge is -2.50. The summed E-state index contributed by atoms with van der Waals surface area (Å²) in [5.41, 5.74) is -1.11. The van der Waals surface area contributed by atoms with Crippen LogP contribution in [0, 0.1) is 14.9 Å². The number of hydrogen-bond donors (Lipinski definition) is 0. The summed E-state index contributed by atoms with van der Waals surface area (Å²) in [5, 5.41) is -0.181. The molecule has 6 nitrogen and oxygen atoms in total. The number of ketones is 3. The Morgan fingerprint density at radius 1 is 1.00 bits per heavy atom. The van der Waals surface area contributed by atoms with Crippen molar-refractivity contribution in [1.82, 2.24) is 0 Å². The first-order chi connectivity index (χ1) is 17.3. The molecule has 0 saturated carbocycles. The molecule has 8 heteroatoms. The number of allylic oxidation sites excluding steroid dienone is 1. The lowest BCUT2D eigenvalue weighted by Crippen LogP contribution is -2.62. The number of benzene rings is 2. The summed E-state index contributed by atoms with van der Waals surface area (Å²) in [7, 11) is 0.427. The molecule has 0 fully saturated rings. The summed E-state index contributed by atoms with van der Waals surface area (Å²) in [6.45, 7) is 10.5. The number of carbonyl (C=O) groups is 3. The van der Waals surface area contributed by atoms with Crippen molar-refractivity contribution in [3.05, 3.63) is 68.8 Å². The van der Waals surface area contributed by atoms with Gasteiger partial charge in [-0.25, -0.2) is 0 Å². The van der Waals surface area contributed by atoms with Crippen LogP contribution < -0.4 is 9.47 Å². The number of halogens is 1. The van der Waals surface area contributed by atoms with E-state index in [1.165, 1.54) is 14.2 Å².